The van der Waals surface area contributed by atoms with Crippen molar-refractivity contribution in [2.75, 3.05) is 19.6 Å². The number of rotatable bonds is 8. The summed E-state index contributed by atoms with van der Waals surface area (Å²) in [4.78, 5) is 52.8. The van der Waals surface area contributed by atoms with Gasteiger partial charge in [-0.15, -0.1) is 0 Å². The van der Waals surface area contributed by atoms with Crippen LogP contribution in [-0.2, 0) is 25.7 Å². The molecule has 1 aromatic rings. The highest BCUT2D eigenvalue weighted by Crippen LogP contribution is 2.26. The molecule has 3 rings (SSSR count). The second-order valence-electron chi connectivity index (χ2n) is 8.58. The van der Waals surface area contributed by atoms with E-state index in [4.69, 9.17) is 10.5 Å². The molecule has 0 unspecified atom stereocenters. The van der Waals surface area contributed by atoms with Gasteiger partial charge in [0.15, 0.2) is 0 Å². The highest BCUT2D eigenvalue weighted by atomic mass is 16.6. The molecule has 2 saturated heterocycles. The van der Waals surface area contributed by atoms with Gasteiger partial charge in [0.25, 0.3) is 0 Å². The van der Waals surface area contributed by atoms with Crippen LogP contribution in [0.25, 0.3) is 0 Å². The van der Waals surface area contributed by atoms with E-state index in [1.807, 2.05) is 30.3 Å². The summed E-state index contributed by atoms with van der Waals surface area (Å²) in [5.41, 5.74) is 6.15. The fourth-order valence-corrected chi connectivity index (χ4v) is 4.37. The van der Waals surface area contributed by atoms with E-state index in [2.05, 4.69) is 0 Å². The standard InChI is InChI=1S/C23H31N3O6/c1-15(27)18(21(24)29)12-20(28)17-9-11-25(13-17)22(30)19-8-5-10-26(19)23(31)32-14-16-6-3-2-4-7-16/h2-4,6-7,15,17-19,27H,5,8-14H2,1H3,(H2,24,29)/t15-,17+,18+,19-/m1/s1. The van der Waals surface area contributed by atoms with Gasteiger partial charge in [0, 0.05) is 32.0 Å². The number of ketones is 1. The number of likely N-dealkylation sites (tertiary alicyclic amines) is 2. The predicted molar refractivity (Wildman–Crippen MR) is 115 cm³/mol. The van der Waals surface area contributed by atoms with E-state index in [1.54, 1.807) is 4.90 Å². The summed E-state index contributed by atoms with van der Waals surface area (Å²) in [6.07, 6.45) is 0.0894. The van der Waals surface area contributed by atoms with Crippen LogP contribution in [0.2, 0.25) is 0 Å². The number of aliphatic hydroxyl groups is 1. The van der Waals surface area contributed by atoms with Crippen LogP contribution in [0.1, 0.15) is 38.2 Å². The Bertz CT molecular complexity index is 843. The molecule has 2 aliphatic rings. The number of carbonyl (C=O) groups excluding carboxylic acids is 4. The van der Waals surface area contributed by atoms with Crippen LogP contribution >= 0.6 is 0 Å². The van der Waals surface area contributed by atoms with Crippen LogP contribution in [0.4, 0.5) is 4.79 Å². The summed E-state index contributed by atoms with van der Waals surface area (Å²) in [6.45, 7) is 2.68. The van der Waals surface area contributed by atoms with Gasteiger partial charge in [-0.1, -0.05) is 30.3 Å². The topological polar surface area (TPSA) is 130 Å². The maximum absolute atomic E-state index is 13.1. The molecule has 3 amide bonds. The Morgan fingerprint density at radius 1 is 1.16 bits per heavy atom. The molecule has 2 fully saturated rings. The zero-order chi connectivity index (χ0) is 23.3. The minimum absolute atomic E-state index is 0.138. The molecule has 2 heterocycles. The van der Waals surface area contributed by atoms with Gasteiger partial charge in [-0.3, -0.25) is 19.3 Å². The summed E-state index contributed by atoms with van der Waals surface area (Å²) in [5, 5.41) is 9.69. The minimum Gasteiger partial charge on any atom is -0.445 e. The number of aliphatic hydroxyl groups excluding tert-OH is 1. The van der Waals surface area contributed by atoms with Crippen LogP contribution in [0.5, 0.6) is 0 Å². The molecule has 3 N–H and O–H groups in total. The van der Waals surface area contributed by atoms with Crippen molar-refractivity contribution in [2.24, 2.45) is 17.6 Å². The van der Waals surface area contributed by atoms with Crippen LogP contribution in [0.3, 0.4) is 0 Å². The van der Waals surface area contributed by atoms with Crippen LogP contribution < -0.4 is 5.73 Å². The molecule has 2 aliphatic heterocycles. The summed E-state index contributed by atoms with van der Waals surface area (Å²) < 4.78 is 5.40. The average molecular weight is 446 g/mol. The van der Waals surface area contributed by atoms with Gasteiger partial charge in [0.05, 0.1) is 12.0 Å². The second-order valence-corrected chi connectivity index (χ2v) is 8.58. The number of amides is 3. The average Bonchev–Trinajstić information content (AvgIpc) is 3.45. The molecule has 0 bridgehead atoms. The van der Waals surface area contributed by atoms with Gasteiger partial charge < -0.3 is 20.5 Å². The van der Waals surface area contributed by atoms with Crippen molar-refractivity contribution < 1.29 is 29.0 Å². The third-order valence-electron chi connectivity index (χ3n) is 6.30. The maximum Gasteiger partial charge on any atom is 0.410 e. The van der Waals surface area contributed by atoms with E-state index in [-0.39, 0.29) is 31.3 Å². The van der Waals surface area contributed by atoms with Gasteiger partial charge in [0.2, 0.25) is 11.8 Å². The van der Waals surface area contributed by atoms with Gasteiger partial charge in [-0.25, -0.2) is 4.79 Å². The molecule has 0 aliphatic carbocycles. The lowest BCUT2D eigenvalue weighted by Gasteiger charge is -2.27. The van der Waals surface area contributed by atoms with Crippen LogP contribution in [0.15, 0.2) is 30.3 Å². The first-order chi connectivity index (χ1) is 15.3. The molecular formula is C23H31N3O6. The number of benzene rings is 1. The first-order valence-corrected chi connectivity index (χ1v) is 11.0. The normalized spacial score (nSPS) is 22.4. The molecule has 0 aromatic heterocycles. The molecule has 0 radical (unpaired) electrons. The third-order valence-corrected chi connectivity index (χ3v) is 6.30. The quantitative estimate of drug-likeness (QED) is 0.616. The Hall–Kier alpha value is -2.94. The molecule has 0 saturated carbocycles. The Labute approximate surface area is 187 Å². The first kappa shape index (κ1) is 23.7. The molecule has 32 heavy (non-hydrogen) atoms. The lowest BCUT2D eigenvalue weighted by molar-refractivity contribution is -0.135. The number of nitrogens with zero attached hydrogens (tertiary/aromatic N) is 2. The van der Waals surface area contributed by atoms with E-state index < -0.39 is 36.0 Å². The van der Waals surface area contributed by atoms with E-state index in [0.29, 0.717) is 32.4 Å². The van der Waals surface area contributed by atoms with Crippen molar-refractivity contribution in [2.45, 2.75) is 51.4 Å². The molecule has 1 aromatic carbocycles. The summed E-state index contributed by atoms with van der Waals surface area (Å²) in [7, 11) is 0. The van der Waals surface area contributed by atoms with E-state index >= 15 is 0 Å². The smallest absolute Gasteiger partial charge is 0.410 e. The summed E-state index contributed by atoms with van der Waals surface area (Å²) >= 11 is 0. The molecule has 9 heteroatoms. The highest BCUT2D eigenvalue weighted by Gasteiger charge is 2.41. The lowest BCUT2D eigenvalue weighted by atomic mass is 9.90. The number of Topliss-reactive ketones (excluding diaryl/α,β-unsaturated/α-hetero) is 1. The fourth-order valence-electron chi connectivity index (χ4n) is 4.37. The molecule has 174 valence electrons. The van der Waals surface area contributed by atoms with Crippen molar-refractivity contribution in [1.29, 1.82) is 0 Å². The van der Waals surface area contributed by atoms with Crippen molar-refractivity contribution in [1.82, 2.24) is 9.80 Å². The Morgan fingerprint density at radius 2 is 1.88 bits per heavy atom. The Kier molecular flexibility index (Phi) is 7.84. The highest BCUT2D eigenvalue weighted by molar-refractivity contribution is 5.90. The van der Waals surface area contributed by atoms with Crippen molar-refractivity contribution in [3.05, 3.63) is 35.9 Å². The Morgan fingerprint density at radius 3 is 2.53 bits per heavy atom. The zero-order valence-corrected chi connectivity index (χ0v) is 18.3. The van der Waals surface area contributed by atoms with Crippen molar-refractivity contribution >= 4 is 23.7 Å². The maximum atomic E-state index is 13.1. The van der Waals surface area contributed by atoms with Gasteiger partial charge in [-0.2, -0.15) is 0 Å². The van der Waals surface area contributed by atoms with Crippen LogP contribution in [-0.4, -0.2) is 70.4 Å². The number of hydrogen-bond acceptors (Lipinski definition) is 6. The number of primary amides is 1. The number of carbonyl (C=O) groups is 4. The number of hydrogen-bond donors (Lipinski definition) is 2. The lowest BCUT2D eigenvalue weighted by Crippen LogP contribution is -2.47. The molecular weight excluding hydrogens is 414 g/mol. The van der Waals surface area contributed by atoms with Crippen molar-refractivity contribution in [3.63, 3.8) is 0 Å². The van der Waals surface area contributed by atoms with E-state index in [9.17, 15) is 24.3 Å². The van der Waals surface area contributed by atoms with Gasteiger partial charge >= 0.3 is 6.09 Å². The summed E-state index contributed by atoms with van der Waals surface area (Å²) in [6, 6.07) is 8.74. The monoisotopic (exact) mass is 445 g/mol. The second kappa shape index (κ2) is 10.6. The van der Waals surface area contributed by atoms with Gasteiger partial charge in [-0.05, 0) is 31.7 Å². The molecule has 0 spiro atoms. The SMILES string of the molecule is C[C@@H](O)[C@H](CC(=O)[C@H]1CCN(C(=O)[C@H]2CCCN2C(=O)OCc2ccccc2)C1)C(N)=O. The number of ether oxygens (including phenoxy) is 1. The third kappa shape index (κ3) is 5.64. The Balaban J connectivity index is 1.54. The van der Waals surface area contributed by atoms with Crippen molar-refractivity contribution in [3.8, 4) is 0 Å². The van der Waals surface area contributed by atoms with Crippen LogP contribution in [0, 0.1) is 11.8 Å². The minimum atomic E-state index is -1.01. The first-order valence-electron chi connectivity index (χ1n) is 11.0. The van der Waals surface area contributed by atoms with E-state index in [1.165, 1.54) is 11.8 Å². The number of nitrogens with two attached hydrogens (primary N) is 1. The molecule has 9 nitrogen and oxygen atoms in total. The van der Waals surface area contributed by atoms with E-state index in [0.717, 1.165) is 5.56 Å². The molecule has 4 atom stereocenters. The summed E-state index contributed by atoms with van der Waals surface area (Å²) in [5.74, 6) is -2.42. The van der Waals surface area contributed by atoms with Gasteiger partial charge in [0.1, 0.15) is 18.4 Å². The fraction of sp³-hybridized carbons (Fsp3) is 0.565. The largest absolute Gasteiger partial charge is 0.445 e. The zero-order valence-electron chi connectivity index (χ0n) is 18.3. The predicted octanol–water partition coefficient (Wildman–Crippen LogP) is 1.08.